The van der Waals surface area contributed by atoms with Gasteiger partial charge in [-0.3, -0.25) is 4.79 Å². The molecule has 0 saturated carbocycles. The highest BCUT2D eigenvalue weighted by Gasteiger charge is 2.44. The monoisotopic (exact) mass is 450 g/mol. The van der Waals surface area contributed by atoms with Crippen LogP contribution in [0.4, 0.5) is 0 Å². The van der Waals surface area contributed by atoms with E-state index in [0.29, 0.717) is 0 Å². The van der Waals surface area contributed by atoms with E-state index < -0.39 is 54.4 Å². The lowest BCUT2D eigenvalue weighted by Gasteiger charge is -2.39. The molecule has 7 atom stereocenters. The molecule has 2 aromatic carbocycles. The third-order valence-corrected chi connectivity index (χ3v) is 5.49. The minimum atomic E-state index is -1.72. The molecule has 32 heavy (non-hydrogen) atoms. The number of hydrogen-bond donors (Lipinski definition) is 7. The third kappa shape index (κ3) is 3.70. The molecule has 4 rings (SSSR count). The van der Waals surface area contributed by atoms with Crippen molar-refractivity contribution in [3.63, 3.8) is 0 Å². The molecule has 0 radical (unpaired) electrons. The van der Waals surface area contributed by atoms with E-state index in [-0.39, 0.29) is 34.1 Å². The quantitative estimate of drug-likeness (QED) is 0.325. The second kappa shape index (κ2) is 8.11. The van der Waals surface area contributed by atoms with Gasteiger partial charge < -0.3 is 50.0 Å². The summed E-state index contributed by atoms with van der Waals surface area (Å²) in [6.07, 6.45) is -9.81. The van der Waals surface area contributed by atoms with E-state index in [1.807, 2.05) is 0 Å². The highest BCUT2D eigenvalue weighted by Crippen LogP contribution is 2.43. The summed E-state index contributed by atoms with van der Waals surface area (Å²) >= 11 is 0. The van der Waals surface area contributed by atoms with E-state index in [0.717, 1.165) is 12.1 Å². The number of phenolic OH excluding ortho intramolecular Hbond substituents is 3. The van der Waals surface area contributed by atoms with Gasteiger partial charge in [-0.1, -0.05) is 6.07 Å². The maximum atomic E-state index is 12.6. The first kappa shape index (κ1) is 22.1. The average molecular weight is 450 g/mol. The van der Waals surface area contributed by atoms with Crippen LogP contribution in [0.25, 0.3) is 0 Å². The Morgan fingerprint density at radius 1 is 0.906 bits per heavy atom. The Bertz CT molecular complexity index is 1040. The van der Waals surface area contributed by atoms with Crippen LogP contribution >= 0.6 is 0 Å². The number of ether oxygens (including phenoxy) is 3. The topological polar surface area (TPSA) is 186 Å². The molecule has 2 aliphatic rings. The zero-order valence-electron chi connectivity index (χ0n) is 16.7. The van der Waals surface area contributed by atoms with Crippen LogP contribution in [-0.4, -0.2) is 78.3 Å². The molecule has 2 heterocycles. The van der Waals surface area contributed by atoms with Crippen molar-refractivity contribution in [3.05, 3.63) is 41.5 Å². The van der Waals surface area contributed by atoms with Crippen molar-refractivity contribution in [2.75, 3.05) is 0 Å². The van der Waals surface area contributed by atoms with Crippen LogP contribution in [-0.2, 0) is 4.74 Å². The van der Waals surface area contributed by atoms with E-state index in [1.165, 1.54) is 25.1 Å². The largest absolute Gasteiger partial charge is 0.508 e. The molecule has 1 fully saturated rings. The molecule has 2 aliphatic heterocycles. The number of benzene rings is 2. The summed E-state index contributed by atoms with van der Waals surface area (Å²) in [4.78, 5) is 12.6. The molecule has 0 amide bonds. The third-order valence-electron chi connectivity index (χ3n) is 5.49. The summed E-state index contributed by atoms with van der Waals surface area (Å²) in [5.74, 6) is -2.45. The van der Waals surface area contributed by atoms with E-state index in [1.54, 1.807) is 0 Å². The van der Waals surface area contributed by atoms with Crippen LogP contribution in [0.1, 0.15) is 28.9 Å². The highest BCUT2D eigenvalue weighted by atomic mass is 16.7. The Hall–Kier alpha value is -3.09. The summed E-state index contributed by atoms with van der Waals surface area (Å²) in [6, 6.07) is 5.86. The van der Waals surface area contributed by atoms with Gasteiger partial charge in [0.2, 0.25) is 12.1 Å². The summed E-state index contributed by atoms with van der Waals surface area (Å²) in [6.45, 7) is 1.46. The van der Waals surface area contributed by atoms with Crippen molar-refractivity contribution in [1.29, 1.82) is 0 Å². The Morgan fingerprint density at radius 3 is 2.34 bits per heavy atom. The Balaban J connectivity index is 1.63. The Morgan fingerprint density at radius 2 is 1.62 bits per heavy atom. The SMILES string of the molecule is C[C@@H]1O[C@@H](Oc2cc([C@H]3Oc4cc(O)cc(O)c4C(=O)[C@@H]3O)ccc2O)[C@H](O)[C@H](O)[C@H]1O. The summed E-state index contributed by atoms with van der Waals surface area (Å²) < 4.78 is 16.5. The molecule has 11 nitrogen and oxygen atoms in total. The molecular weight excluding hydrogens is 428 g/mol. The fraction of sp³-hybridized carbons (Fsp3) is 0.381. The van der Waals surface area contributed by atoms with Gasteiger partial charge in [0.1, 0.15) is 41.1 Å². The van der Waals surface area contributed by atoms with Gasteiger partial charge in [0.15, 0.2) is 23.7 Å². The fourth-order valence-corrected chi connectivity index (χ4v) is 3.70. The number of hydrogen-bond acceptors (Lipinski definition) is 11. The normalized spacial score (nSPS) is 32.2. The number of phenols is 3. The molecule has 0 aromatic heterocycles. The molecule has 0 spiro atoms. The standard InChI is InChI=1S/C21H22O11/c1-7-15(25)17(27)19(29)21(30-7)32-12-4-8(2-3-10(12)23)20-18(28)16(26)14-11(24)5-9(22)6-13(14)31-20/h2-7,15,17-25,27-29H,1H3/t7-,15-,17+,18-,19+,20+,21-/m0/s1. The van der Waals surface area contributed by atoms with Gasteiger partial charge in [-0.25, -0.2) is 0 Å². The van der Waals surface area contributed by atoms with Crippen LogP contribution in [0.3, 0.4) is 0 Å². The van der Waals surface area contributed by atoms with Gasteiger partial charge in [-0.2, -0.15) is 0 Å². The Kier molecular flexibility index (Phi) is 5.61. The number of aliphatic hydroxyl groups is 4. The van der Waals surface area contributed by atoms with Crippen molar-refractivity contribution in [2.24, 2.45) is 0 Å². The van der Waals surface area contributed by atoms with Crippen LogP contribution in [0, 0.1) is 0 Å². The Labute approximate surface area is 181 Å². The van der Waals surface area contributed by atoms with Crippen molar-refractivity contribution in [3.8, 4) is 28.7 Å². The highest BCUT2D eigenvalue weighted by molar-refractivity contribution is 6.05. The average Bonchev–Trinajstić information content (AvgIpc) is 2.74. The maximum absolute atomic E-state index is 12.6. The lowest BCUT2D eigenvalue weighted by molar-refractivity contribution is -0.268. The first-order valence-corrected chi connectivity index (χ1v) is 9.72. The first-order valence-electron chi connectivity index (χ1n) is 9.72. The summed E-state index contributed by atoms with van der Waals surface area (Å²) in [5, 5.41) is 70.1. The zero-order chi connectivity index (χ0) is 23.3. The molecule has 0 aliphatic carbocycles. The zero-order valence-corrected chi connectivity index (χ0v) is 16.7. The van der Waals surface area contributed by atoms with E-state index in [4.69, 9.17) is 14.2 Å². The van der Waals surface area contributed by atoms with Crippen LogP contribution in [0.5, 0.6) is 28.7 Å². The van der Waals surface area contributed by atoms with E-state index >= 15 is 0 Å². The number of Topliss-reactive ketones (excluding diaryl/α,β-unsaturated/α-hetero) is 1. The van der Waals surface area contributed by atoms with Gasteiger partial charge in [-0.15, -0.1) is 0 Å². The second-order valence-electron chi connectivity index (χ2n) is 7.71. The molecule has 172 valence electrons. The van der Waals surface area contributed by atoms with Crippen molar-refractivity contribution in [1.82, 2.24) is 0 Å². The smallest absolute Gasteiger partial charge is 0.229 e. The van der Waals surface area contributed by atoms with E-state index in [2.05, 4.69) is 0 Å². The number of fused-ring (bicyclic) bond motifs is 1. The van der Waals surface area contributed by atoms with Crippen LogP contribution in [0.15, 0.2) is 30.3 Å². The molecule has 7 N–H and O–H groups in total. The van der Waals surface area contributed by atoms with Gasteiger partial charge in [-0.05, 0) is 24.6 Å². The van der Waals surface area contributed by atoms with Crippen molar-refractivity contribution in [2.45, 2.75) is 49.8 Å². The summed E-state index contributed by atoms with van der Waals surface area (Å²) in [5.41, 5.74) is -0.0897. The molecule has 11 heteroatoms. The number of rotatable bonds is 3. The predicted octanol–water partition coefficient (Wildman–Crippen LogP) is -0.313. The van der Waals surface area contributed by atoms with Crippen molar-refractivity contribution < 1.29 is 54.8 Å². The minimum absolute atomic E-state index is 0.143. The maximum Gasteiger partial charge on any atom is 0.229 e. The van der Waals surface area contributed by atoms with Crippen molar-refractivity contribution >= 4 is 5.78 Å². The number of ketones is 1. The van der Waals surface area contributed by atoms with Crippen LogP contribution < -0.4 is 9.47 Å². The molecule has 2 aromatic rings. The van der Waals surface area contributed by atoms with Gasteiger partial charge in [0.05, 0.1) is 6.10 Å². The van der Waals surface area contributed by atoms with Gasteiger partial charge in [0.25, 0.3) is 0 Å². The molecule has 0 bridgehead atoms. The second-order valence-corrected chi connectivity index (χ2v) is 7.71. The molecule has 0 unspecified atom stereocenters. The minimum Gasteiger partial charge on any atom is -0.508 e. The molecular formula is C21H22O11. The fourth-order valence-electron chi connectivity index (χ4n) is 3.70. The number of aromatic hydroxyl groups is 3. The number of carbonyl (C=O) groups is 1. The van der Waals surface area contributed by atoms with Crippen LogP contribution in [0.2, 0.25) is 0 Å². The summed E-state index contributed by atoms with van der Waals surface area (Å²) in [7, 11) is 0. The predicted molar refractivity (Wildman–Crippen MR) is 105 cm³/mol. The van der Waals surface area contributed by atoms with E-state index in [9.17, 15) is 40.5 Å². The molecule has 1 saturated heterocycles. The lowest BCUT2D eigenvalue weighted by atomic mass is 9.92. The number of aliphatic hydroxyl groups excluding tert-OH is 4. The van der Waals surface area contributed by atoms with Gasteiger partial charge >= 0.3 is 0 Å². The first-order chi connectivity index (χ1) is 15.1. The van der Waals surface area contributed by atoms with Gasteiger partial charge in [0, 0.05) is 12.1 Å². The number of carbonyl (C=O) groups excluding carboxylic acids is 1. The lowest BCUT2D eigenvalue weighted by Crippen LogP contribution is -2.58.